The maximum atomic E-state index is 15.3. The van der Waals surface area contributed by atoms with Crippen molar-refractivity contribution in [1.82, 2.24) is 24.4 Å². The van der Waals surface area contributed by atoms with Gasteiger partial charge in [0.1, 0.15) is 34.9 Å². The molecule has 0 spiro atoms. The Morgan fingerprint density at radius 1 is 0.947 bits per heavy atom. The van der Waals surface area contributed by atoms with Crippen LogP contribution in [-0.4, -0.2) is 176 Å². The molecule has 4 aliphatic rings. The van der Waals surface area contributed by atoms with E-state index in [9.17, 15) is 19.8 Å². The molecule has 3 aromatic rings. The zero-order chi connectivity index (χ0) is 55.8. The van der Waals surface area contributed by atoms with Crippen LogP contribution in [-0.2, 0) is 58.8 Å². The van der Waals surface area contributed by atoms with E-state index in [1.54, 1.807) is 70.0 Å². The summed E-state index contributed by atoms with van der Waals surface area (Å²) in [6.07, 6.45) is -1.30. The highest BCUT2D eigenvalue weighted by molar-refractivity contribution is 8.00. The number of amides is 1. The molecule has 1 amide bonds. The predicted molar refractivity (Wildman–Crippen MR) is 283 cm³/mol. The summed E-state index contributed by atoms with van der Waals surface area (Å²) in [4.78, 5) is 73.2. The fourth-order valence-electron chi connectivity index (χ4n) is 12.3. The van der Waals surface area contributed by atoms with Gasteiger partial charge in [0.05, 0.1) is 58.9 Å². The number of hydrogen-bond donors (Lipinski definition) is 4. The van der Waals surface area contributed by atoms with Crippen LogP contribution in [0.1, 0.15) is 105 Å². The number of hydrogen-bond acceptors (Lipinski definition) is 20. The van der Waals surface area contributed by atoms with Crippen LogP contribution < -0.4 is 11.1 Å². The number of aryl methyl sites for hydroxylation is 1. The van der Waals surface area contributed by atoms with Crippen molar-refractivity contribution in [2.24, 2.45) is 29.6 Å². The van der Waals surface area contributed by atoms with Gasteiger partial charge in [0.15, 0.2) is 24.0 Å². The molecule has 4 aliphatic heterocycles. The van der Waals surface area contributed by atoms with Crippen LogP contribution in [0.2, 0.25) is 0 Å². The van der Waals surface area contributed by atoms with E-state index in [-0.39, 0.29) is 55.1 Å². The second-order valence-corrected chi connectivity index (χ2v) is 23.5. The number of thioether (sulfide) groups is 1. The molecule has 7 rings (SSSR count). The molecule has 5 N–H and O–H groups in total. The third-order valence-electron chi connectivity index (χ3n) is 16.7. The Kier molecular flexibility index (Phi) is 18.7. The smallest absolute Gasteiger partial charge is 0.320 e. The average Bonchev–Trinajstić information content (AvgIpc) is 3.93. The number of ether oxygens (including phenoxy) is 8. The van der Waals surface area contributed by atoms with Gasteiger partial charge < -0.3 is 68.6 Å². The number of likely N-dealkylation sites (N-methyl/N-ethyl adjacent to an activating group) is 1. The van der Waals surface area contributed by atoms with Crippen molar-refractivity contribution in [3.8, 4) is 0 Å². The fraction of sp³-hybridized carbons (Fsp3) is 0.722. The zero-order valence-corrected chi connectivity index (χ0v) is 47.3. The number of methoxy groups -OCH3 is 2. The van der Waals surface area contributed by atoms with E-state index in [0.29, 0.717) is 28.9 Å². The van der Waals surface area contributed by atoms with Gasteiger partial charge in [-0.2, -0.15) is 0 Å². The fourth-order valence-corrected chi connectivity index (χ4v) is 13.7. The quantitative estimate of drug-likeness (QED) is 0.154. The minimum Gasteiger partial charge on any atom is -0.458 e. The molecule has 0 saturated carbocycles. The highest BCUT2D eigenvalue weighted by Gasteiger charge is 2.62. The third kappa shape index (κ3) is 11.8. The van der Waals surface area contributed by atoms with Gasteiger partial charge >= 0.3 is 11.9 Å². The molecule has 6 unspecified atom stereocenters. The first-order chi connectivity index (χ1) is 35.8. The summed E-state index contributed by atoms with van der Waals surface area (Å²) in [6, 6.07) is 3.00. The standard InChI is InChI=1S/C54H81N7O14S/c1-15-36-54(10)38(44(50(67)75-54)76-21-20-61-26-58-39-40(61)34(25-57-47(39)55)48(65)59-33-16-18-56-19-17-33)29(4)41(62)27(2)23-53(9,69-14)46(74-51-42(63)35(60(11)12)22-28(3)70-51)30(5)43(31(6)49(66)72-36)73-37-24-52(8,68-13)45(64)32(7)71-37/h16-19,25-32,35-38,42-46,51,63-64H,15,20-24H2,1-14H3,(H2,55,57)(H,56,59,65)/t27-,28-,29-,30+,31?,32+,35?,36-,37+,38?,42-,43+,44?,45+,46?,51+,52?,53-,54-/m1/s1. The zero-order valence-electron chi connectivity index (χ0n) is 46.5. The van der Waals surface area contributed by atoms with E-state index in [2.05, 4.69) is 20.3 Å². The Morgan fingerprint density at radius 2 is 1.63 bits per heavy atom. The number of cyclic esters (lactones) is 1. The van der Waals surface area contributed by atoms with Gasteiger partial charge in [-0.15, -0.1) is 11.8 Å². The SMILES string of the molecule is CC[C@H]1OC(=O)C(C)[C@@H](O[C@H]2CC(C)(OC)[C@@H](O)[C@H](C)O2)[C@H](C)C(O[C@@H]2O[C@H](C)CC(N(C)C)[C@H]2O)[C@](C)(OC)C[C@@H](C)C(=O)[C@H](C)C2C(SCCn3cnc4c(N)ncc(C(=O)Nc5ccncc5)c43)C(=O)O[C@@]21C. The van der Waals surface area contributed by atoms with E-state index in [1.807, 2.05) is 53.6 Å². The van der Waals surface area contributed by atoms with Crippen molar-refractivity contribution < 1.29 is 67.3 Å². The summed E-state index contributed by atoms with van der Waals surface area (Å²) < 4.78 is 53.7. The minimum atomic E-state index is -1.48. The first-order valence-electron chi connectivity index (χ1n) is 26.5. The number of aliphatic hydroxyl groups is 2. The number of aromatic nitrogens is 4. The Balaban J connectivity index is 1.25. The molecule has 21 nitrogen and oxygen atoms in total. The molecular weight excluding hydrogens is 1000 g/mol. The highest BCUT2D eigenvalue weighted by atomic mass is 32.2. The summed E-state index contributed by atoms with van der Waals surface area (Å²) in [6.45, 7) is 18.3. The lowest BCUT2D eigenvalue weighted by molar-refractivity contribution is -0.319. The summed E-state index contributed by atoms with van der Waals surface area (Å²) >= 11 is 1.30. The second kappa shape index (κ2) is 23.9. The highest BCUT2D eigenvalue weighted by Crippen LogP contribution is 2.50. The Bertz CT molecular complexity index is 2530. The van der Waals surface area contributed by atoms with Crippen LogP contribution in [0.3, 0.4) is 0 Å². The molecule has 3 aromatic heterocycles. The number of Topliss-reactive ketones (excluding diaryl/α,β-unsaturated/α-hetero) is 1. The van der Waals surface area contributed by atoms with E-state index < -0.39 is 119 Å². The number of fused-ring (bicyclic) bond motifs is 2. The molecule has 22 heteroatoms. The van der Waals surface area contributed by atoms with Crippen molar-refractivity contribution in [3.63, 3.8) is 0 Å². The lowest BCUT2D eigenvalue weighted by atomic mass is 9.70. The lowest BCUT2D eigenvalue weighted by Gasteiger charge is -2.50. The number of imidazole rings is 1. The van der Waals surface area contributed by atoms with Crippen molar-refractivity contribution in [1.29, 1.82) is 0 Å². The summed E-state index contributed by atoms with van der Waals surface area (Å²) in [5.74, 6) is -5.56. The van der Waals surface area contributed by atoms with Crippen molar-refractivity contribution in [2.45, 2.75) is 185 Å². The molecule has 422 valence electrons. The topological polar surface area (TPSA) is 267 Å². The number of aliphatic hydroxyl groups excluding tert-OH is 2. The number of carbonyl (C=O) groups is 4. The van der Waals surface area contributed by atoms with Crippen LogP contribution in [0.15, 0.2) is 37.1 Å². The first-order valence-corrected chi connectivity index (χ1v) is 27.5. The van der Waals surface area contributed by atoms with Gasteiger partial charge in [-0.25, -0.2) is 9.97 Å². The molecule has 4 saturated heterocycles. The monoisotopic (exact) mass is 1080 g/mol. The number of nitrogens with one attached hydrogen (secondary N) is 1. The van der Waals surface area contributed by atoms with E-state index in [4.69, 9.17) is 43.6 Å². The van der Waals surface area contributed by atoms with Crippen LogP contribution >= 0.6 is 11.8 Å². The average molecular weight is 1080 g/mol. The van der Waals surface area contributed by atoms with Gasteiger partial charge in [0.25, 0.3) is 5.91 Å². The van der Waals surface area contributed by atoms with Crippen molar-refractivity contribution >= 4 is 57.9 Å². The van der Waals surface area contributed by atoms with Gasteiger partial charge in [-0.3, -0.25) is 24.2 Å². The maximum Gasteiger partial charge on any atom is 0.320 e. The molecule has 4 fully saturated rings. The summed E-state index contributed by atoms with van der Waals surface area (Å²) in [5.41, 5.74) is 3.94. The molecule has 0 radical (unpaired) electrons. The number of rotatable bonds is 14. The van der Waals surface area contributed by atoms with Crippen molar-refractivity contribution in [2.75, 3.05) is 45.1 Å². The van der Waals surface area contributed by atoms with E-state index in [0.717, 1.165) is 0 Å². The predicted octanol–water partition coefficient (Wildman–Crippen LogP) is 5.04. The number of ketones is 1. The third-order valence-corrected chi connectivity index (χ3v) is 18.0. The number of nitrogens with two attached hydrogens (primary N) is 1. The van der Waals surface area contributed by atoms with Gasteiger partial charge in [-0.1, -0.05) is 27.7 Å². The lowest BCUT2D eigenvalue weighted by Crippen LogP contribution is -2.61. The minimum absolute atomic E-state index is 0.0977. The molecular formula is C54H81N7O14S. The van der Waals surface area contributed by atoms with E-state index >= 15 is 9.59 Å². The number of anilines is 2. The second-order valence-electron chi connectivity index (χ2n) is 22.3. The van der Waals surface area contributed by atoms with Crippen LogP contribution in [0, 0.1) is 29.6 Å². The van der Waals surface area contributed by atoms with Gasteiger partial charge in [0, 0.05) is 86.9 Å². The maximum absolute atomic E-state index is 15.3. The molecule has 0 bridgehead atoms. The number of carbonyl (C=O) groups excluding carboxylic acids is 4. The van der Waals surface area contributed by atoms with Crippen molar-refractivity contribution in [3.05, 3.63) is 42.6 Å². The summed E-state index contributed by atoms with van der Waals surface area (Å²) in [5, 5.41) is 25.0. The molecule has 0 aliphatic carbocycles. The summed E-state index contributed by atoms with van der Waals surface area (Å²) in [7, 11) is 6.81. The number of nitrogen functional groups attached to an aromatic ring is 1. The van der Waals surface area contributed by atoms with E-state index in [1.165, 1.54) is 32.2 Å². The Labute approximate surface area is 450 Å². The Hall–Kier alpha value is -4.36. The molecule has 76 heavy (non-hydrogen) atoms. The molecule has 7 heterocycles. The normalized spacial score (nSPS) is 38.8. The Morgan fingerprint density at radius 3 is 2.28 bits per heavy atom. The number of pyridine rings is 2. The molecule has 19 atom stereocenters. The van der Waals surface area contributed by atoms with Crippen LogP contribution in [0.25, 0.3) is 11.0 Å². The number of esters is 2. The molecule has 0 aromatic carbocycles. The number of nitrogens with zero attached hydrogens (tertiary/aromatic N) is 5. The van der Waals surface area contributed by atoms with Crippen LogP contribution in [0.4, 0.5) is 11.5 Å². The van der Waals surface area contributed by atoms with Gasteiger partial charge in [-0.05, 0) is 87.0 Å². The first kappa shape index (κ1) is 59.3. The largest absolute Gasteiger partial charge is 0.458 e. The van der Waals surface area contributed by atoms with Gasteiger partial charge in [0.2, 0.25) is 0 Å². The van der Waals surface area contributed by atoms with Crippen LogP contribution in [0.5, 0.6) is 0 Å².